The maximum atomic E-state index is 11.2. The summed E-state index contributed by atoms with van der Waals surface area (Å²) in [5.41, 5.74) is 2.97. The third kappa shape index (κ3) is 5.35. The molecule has 0 unspecified atom stereocenters. The van der Waals surface area contributed by atoms with Crippen LogP contribution in [-0.2, 0) is 11.4 Å². The second-order valence-electron chi connectivity index (χ2n) is 3.65. The van der Waals surface area contributed by atoms with Gasteiger partial charge in [-0.25, -0.2) is 10.3 Å². The summed E-state index contributed by atoms with van der Waals surface area (Å²) in [4.78, 5) is 21.3. The number of carbonyl (C=O) groups excluding carboxylic acids is 1. The van der Waals surface area contributed by atoms with Gasteiger partial charge in [-0.1, -0.05) is 29.3 Å². The normalized spacial score (nSPS) is 10.7. The molecule has 0 fully saturated rings. The van der Waals surface area contributed by atoms with E-state index in [1.165, 1.54) is 6.34 Å². The summed E-state index contributed by atoms with van der Waals surface area (Å²) in [6.45, 7) is 0.181. The molecule has 0 bridgehead atoms. The molecular weight excluding hydrogens is 277 g/mol. The lowest BCUT2D eigenvalue weighted by Gasteiger charge is -2.05. The van der Waals surface area contributed by atoms with Gasteiger partial charge in [-0.2, -0.15) is 4.99 Å². The molecule has 1 aromatic carbocycles. The zero-order valence-corrected chi connectivity index (χ0v) is 11.5. The van der Waals surface area contributed by atoms with Crippen LogP contribution in [0.15, 0.2) is 23.2 Å². The molecule has 0 spiro atoms. The fourth-order valence-electron chi connectivity index (χ4n) is 1.00. The molecule has 98 valence electrons. The molecule has 0 saturated heterocycles. The van der Waals surface area contributed by atoms with Crippen molar-refractivity contribution in [3.63, 3.8) is 0 Å². The van der Waals surface area contributed by atoms with Crippen LogP contribution in [-0.4, -0.2) is 31.4 Å². The molecule has 0 heterocycles. The van der Waals surface area contributed by atoms with Crippen molar-refractivity contribution in [3.05, 3.63) is 33.8 Å². The molecule has 0 saturated carbocycles. The largest absolute Gasteiger partial charge is 0.369 e. The molecule has 2 amide bonds. The second kappa shape index (κ2) is 7.20. The Morgan fingerprint density at radius 2 is 2.17 bits per heavy atom. The average Bonchev–Trinajstić information content (AvgIpc) is 2.31. The lowest BCUT2D eigenvalue weighted by molar-refractivity contribution is 0.0522. The number of benzene rings is 1. The van der Waals surface area contributed by atoms with Crippen molar-refractivity contribution in [1.29, 1.82) is 0 Å². The molecule has 0 aliphatic heterocycles. The van der Waals surface area contributed by atoms with Crippen molar-refractivity contribution in [2.24, 2.45) is 4.99 Å². The molecule has 5 nitrogen and oxygen atoms in total. The van der Waals surface area contributed by atoms with E-state index in [1.54, 1.807) is 37.2 Å². The number of carbonyl (C=O) groups is 1. The van der Waals surface area contributed by atoms with Gasteiger partial charge >= 0.3 is 6.03 Å². The highest BCUT2D eigenvalue weighted by Gasteiger charge is 2.01. The zero-order valence-electron chi connectivity index (χ0n) is 9.98. The Bertz CT molecular complexity index is 450. The highest BCUT2D eigenvalue weighted by atomic mass is 35.5. The van der Waals surface area contributed by atoms with Gasteiger partial charge in [0.1, 0.15) is 0 Å². The number of urea groups is 1. The van der Waals surface area contributed by atoms with Crippen molar-refractivity contribution in [1.82, 2.24) is 10.4 Å². The van der Waals surface area contributed by atoms with E-state index < -0.39 is 6.03 Å². The van der Waals surface area contributed by atoms with E-state index >= 15 is 0 Å². The molecule has 0 aromatic heterocycles. The van der Waals surface area contributed by atoms with Crippen molar-refractivity contribution in [2.45, 2.75) is 6.61 Å². The fraction of sp³-hybridized carbons (Fsp3) is 0.273. The molecule has 0 aliphatic rings. The average molecular weight is 290 g/mol. The Balaban J connectivity index is 2.37. The summed E-state index contributed by atoms with van der Waals surface area (Å²) < 4.78 is 0. The molecule has 7 heteroatoms. The Morgan fingerprint density at radius 3 is 2.78 bits per heavy atom. The van der Waals surface area contributed by atoms with Gasteiger partial charge in [0.25, 0.3) is 0 Å². The summed E-state index contributed by atoms with van der Waals surface area (Å²) in [6, 6.07) is 4.50. The number of aliphatic imine (C=N–C) groups is 1. The molecule has 0 atom stereocenters. The van der Waals surface area contributed by atoms with Crippen LogP contribution in [0.2, 0.25) is 10.0 Å². The molecule has 0 aliphatic carbocycles. The fourth-order valence-corrected chi connectivity index (χ4v) is 1.33. The predicted octanol–water partition coefficient (Wildman–Crippen LogP) is 2.72. The van der Waals surface area contributed by atoms with Gasteiger partial charge in [-0.3, -0.25) is 4.84 Å². The van der Waals surface area contributed by atoms with E-state index in [2.05, 4.69) is 10.5 Å². The van der Waals surface area contributed by atoms with E-state index in [1.807, 2.05) is 0 Å². The number of hydrogen-bond acceptors (Lipinski definition) is 2. The molecule has 1 N–H and O–H groups in total. The number of hydrogen-bond donors (Lipinski definition) is 1. The van der Waals surface area contributed by atoms with Gasteiger partial charge in [0, 0.05) is 14.1 Å². The number of halogens is 2. The lowest BCUT2D eigenvalue weighted by atomic mass is 10.2. The number of nitrogens with zero attached hydrogens (tertiary/aromatic N) is 2. The molecular formula is C11H13Cl2N3O2. The summed E-state index contributed by atoms with van der Waals surface area (Å²) in [6.07, 6.45) is 1.37. The number of nitrogens with one attached hydrogen (secondary N) is 1. The highest BCUT2D eigenvalue weighted by molar-refractivity contribution is 6.42. The lowest BCUT2D eigenvalue weighted by Crippen LogP contribution is -2.21. The van der Waals surface area contributed by atoms with Gasteiger partial charge < -0.3 is 4.90 Å². The van der Waals surface area contributed by atoms with Crippen molar-refractivity contribution in [3.8, 4) is 0 Å². The Labute approximate surface area is 115 Å². The first-order valence-corrected chi connectivity index (χ1v) is 5.81. The SMILES string of the molecule is CN(C)/C=N/C(=O)NOCc1ccc(Cl)c(Cl)c1. The topological polar surface area (TPSA) is 53.9 Å². The van der Waals surface area contributed by atoms with Crippen LogP contribution in [0.5, 0.6) is 0 Å². The standard InChI is InChI=1S/C11H13Cl2N3O2/c1-16(2)7-14-11(17)15-18-6-8-3-4-9(12)10(13)5-8/h3-5,7H,6H2,1-2H3,(H,15,17)/b14-7+. The second-order valence-corrected chi connectivity index (χ2v) is 4.47. The van der Waals surface area contributed by atoms with E-state index in [-0.39, 0.29) is 6.61 Å². The molecule has 18 heavy (non-hydrogen) atoms. The third-order valence-electron chi connectivity index (χ3n) is 1.79. The van der Waals surface area contributed by atoms with Crippen LogP contribution in [0.4, 0.5) is 4.79 Å². The van der Waals surface area contributed by atoms with Gasteiger partial charge in [-0.15, -0.1) is 0 Å². The minimum absolute atomic E-state index is 0.181. The number of amides is 2. The predicted molar refractivity (Wildman–Crippen MR) is 72.0 cm³/mol. The van der Waals surface area contributed by atoms with E-state index in [0.717, 1.165) is 5.56 Å². The Morgan fingerprint density at radius 1 is 1.44 bits per heavy atom. The first kappa shape index (κ1) is 14.8. The quantitative estimate of drug-likeness (QED) is 0.527. The minimum Gasteiger partial charge on any atom is -0.369 e. The maximum absolute atomic E-state index is 11.2. The van der Waals surface area contributed by atoms with Crippen LogP contribution in [0.25, 0.3) is 0 Å². The highest BCUT2D eigenvalue weighted by Crippen LogP contribution is 2.22. The van der Waals surface area contributed by atoms with Gasteiger partial charge in [0.15, 0.2) is 0 Å². The Hall–Kier alpha value is -1.30. The van der Waals surface area contributed by atoms with E-state index in [0.29, 0.717) is 10.0 Å². The summed E-state index contributed by atoms with van der Waals surface area (Å²) in [7, 11) is 3.51. The maximum Gasteiger partial charge on any atom is 0.366 e. The summed E-state index contributed by atoms with van der Waals surface area (Å²) in [5, 5.41) is 0.912. The molecule has 1 aromatic rings. The summed E-state index contributed by atoms with van der Waals surface area (Å²) >= 11 is 11.6. The van der Waals surface area contributed by atoms with Crippen LogP contribution >= 0.6 is 23.2 Å². The summed E-state index contributed by atoms with van der Waals surface area (Å²) in [5.74, 6) is 0. The Kier molecular flexibility index (Phi) is 5.91. The number of rotatable bonds is 4. The van der Waals surface area contributed by atoms with Crippen LogP contribution in [0.1, 0.15) is 5.56 Å². The van der Waals surface area contributed by atoms with Gasteiger partial charge in [0.2, 0.25) is 0 Å². The van der Waals surface area contributed by atoms with E-state index in [4.69, 9.17) is 28.0 Å². The van der Waals surface area contributed by atoms with Gasteiger partial charge in [-0.05, 0) is 17.7 Å². The minimum atomic E-state index is -0.580. The third-order valence-corrected chi connectivity index (χ3v) is 2.53. The monoisotopic (exact) mass is 289 g/mol. The number of hydroxylamine groups is 1. The first-order chi connectivity index (χ1) is 8.49. The van der Waals surface area contributed by atoms with Crippen LogP contribution < -0.4 is 5.48 Å². The van der Waals surface area contributed by atoms with E-state index in [9.17, 15) is 4.79 Å². The van der Waals surface area contributed by atoms with Crippen molar-refractivity contribution >= 4 is 35.6 Å². The van der Waals surface area contributed by atoms with Crippen LogP contribution in [0, 0.1) is 0 Å². The molecule has 1 rings (SSSR count). The zero-order chi connectivity index (χ0) is 13.5. The van der Waals surface area contributed by atoms with Crippen molar-refractivity contribution < 1.29 is 9.63 Å². The van der Waals surface area contributed by atoms with Crippen LogP contribution in [0.3, 0.4) is 0 Å². The van der Waals surface area contributed by atoms with Gasteiger partial charge in [0.05, 0.1) is 23.0 Å². The van der Waals surface area contributed by atoms with Crippen molar-refractivity contribution in [2.75, 3.05) is 14.1 Å². The first-order valence-electron chi connectivity index (χ1n) is 5.05. The smallest absolute Gasteiger partial charge is 0.366 e. The molecule has 0 radical (unpaired) electrons.